The zero-order valence-electron chi connectivity index (χ0n) is 8.98. The van der Waals surface area contributed by atoms with Crippen LogP contribution in [0.25, 0.3) is 0 Å². The van der Waals surface area contributed by atoms with Gasteiger partial charge in [0, 0.05) is 0 Å². The van der Waals surface area contributed by atoms with Crippen LogP contribution in [0.4, 0.5) is 0 Å². The van der Waals surface area contributed by atoms with E-state index >= 15 is 0 Å². The summed E-state index contributed by atoms with van der Waals surface area (Å²) in [5.74, 6) is 0. The summed E-state index contributed by atoms with van der Waals surface area (Å²) >= 11 is 0. The first kappa shape index (κ1) is 11.9. The van der Waals surface area contributed by atoms with Crippen molar-refractivity contribution in [3.8, 4) is 0 Å². The summed E-state index contributed by atoms with van der Waals surface area (Å²) in [5, 5.41) is 8.88. The molecule has 12 heavy (non-hydrogen) atoms. The van der Waals surface area contributed by atoms with E-state index in [1.807, 2.05) is 0 Å². The number of rotatable bonds is 5. The van der Waals surface area contributed by atoms with Gasteiger partial charge in [0.2, 0.25) is 0 Å². The molecular formula is C10H24NO+. The summed E-state index contributed by atoms with van der Waals surface area (Å²) in [6.07, 6.45) is 2.50. The van der Waals surface area contributed by atoms with Crippen molar-refractivity contribution >= 4 is 0 Å². The number of hydrogen-bond acceptors (Lipinski definition) is 1. The molecule has 0 bridgehead atoms. The Labute approximate surface area is 76.6 Å². The molecule has 0 fully saturated rings. The Morgan fingerprint density at radius 1 is 1.17 bits per heavy atom. The van der Waals surface area contributed by atoms with E-state index in [0.29, 0.717) is 6.61 Å². The van der Waals surface area contributed by atoms with Crippen LogP contribution in [-0.2, 0) is 0 Å². The van der Waals surface area contributed by atoms with E-state index in [9.17, 15) is 0 Å². The smallest absolute Gasteiger partial charge is 0.101 e. The predicted octanol–water partition coefficient (Wildman–Crippen LogP) is 0.462. The molecule has 0 aliphatic carbocycles. The van der Waals surface area contributed by atoms with Crippen molar-refractivity contribution in [3.63, 3.8) is 0 Å². The highest BCUT2D eigenvalue weighted by Gasteiger charge is 2.23. The standard InChI is InChI=1S/C10H23NO/c1-5-6-7-11(8-9-12)10(2,3)4/h12H,5-9H2,1-4H3/p+1. The molecule has 0 aromatic rings. The third kappa shape index (κ3) is 4.73. The maximum Gasteiger partial charge on any atom is 0.101 e. The molecule has 0 saturated heterocycles. The molecule has 2 heteroatoms. The summed E-state index contributed by atoms with van der Waals surface area (Å²) in [5.41, 5.74) is 0.276. The number of aliphatic hydroxyl groups excluding tert-OH is 1. The molecule has 0 aliphatic rings. The minimum Gasteiger partial charge on any atom is -0.391 e. The van der Waals surface area contributed by atoms with Crippen molar-refractivity contribution in [2.24, 2.45) is 0 Å². The van der Waals surface area contributed by atoms with Gasteiger partial charge in [0.05, 0.1) is 18.7 Å². The molecule has 0 aromatic carbocycles. The van der Waals surface area contributed by atoms with E-state index in [4.69, 9.17) is 5.11 Å². The van der Waals surface area contributed by atoms with Gasteiger partial charge in [-0.15, -0.1) is 0 Å². The molecular weight excluding hydrogens is 150 g/mol. The summed E-state index contributed by atoms with van der Waals surface area (Å²) in [4.78, 5) is 1.51. The molecule has 0 saturated carbocycles. The van der Waals surface area contributed by atoms with Crippen molar-refractivity contribution in [1.82, 2.24) is 0 Å². The first-order valence-corrected chi connectivity index (χ1v) is 4.98. The van der Waals surface area contributed by atoms with Crippen molar-refractivity contribution < 1.29 is 10.0 Å². The molecule has 0 radical (unpaired) electrons. The molecule has 2 N–H and O–H groups in total. The van der Waals surface area contributed by atoms with Crippen LogP contribution in [0.3, 0.4) is 0 Å². The molecule has 0 amide bonds. The lowest BCUT2D eigenvalue weighted by atomic mass is 10.1. The van der Waals surface area contributed by atoms with Gasteiger partial charge in [-0.25, -0.2) is 0 Å². The van der Waals surface area contributed by atoms with Crippen LogP contribution in [0.1, 0.15) is 40.5 Å². The molecule has 0 aromatic heterocycles. The summed E-state index contributed by atoms with van der Waals surface area (Å²) < 4.78 is 0. The minimum atomic E-state index is 0.276. The molecule has 74 valence electrons. The Morgan fingerprint density at radius 3 is 2.08 bits per heavy atom. The molecule has 1 unspecified atom stereocenters. The lowest BCUT2D eigenvalue weighted by molar-refractivity contribution is -0.947. The van der Waals surface area contributed by atoms with Gasteiger partial charge in [-0.3, -0.25) is 0 Å². The van der Waals surface area contributed by atoms with E-state index in [-0.39, 0.29) is 5.54 Å². The normalized spacial score (nSPS) is 14.8. The fraction of sp³-hybridized carbons (Fsp3) is 1.00. The van der Waals surface area contributed by atoms with Crippen molar-refractivity contribution in [3.05, 3.63) is 0 Å². The second-order valence-corrected chi connectivity index (χ2v) is 4.43. The quantitative estimate of drug-likeness (QED) is 0.622. The van der Waals surface area contributed by atoms with Crippen LogP contribution in [0.5, 0.6) is 0 Å². The maximum absolute atomic E-state index is 8.88. The Bertz CT molecular complexity index is 107. The maximum atomic E-state index is 8.88. The third-order valence-corrected chi connectivity index (χ3v) is 2.31. The monoisotopic (exact) mass is 174 g/mol. The highest BCUT2D eigenvalue weighted by molar-refractivity contribution is 4.56. The van der Waals surface area contributed by atoms with Crippen LogP contribution < -0.4 is 4.90 Å². The van der Waals surface area contributed by atoms with Gasteiger partial charge >= 0.3 is 0 Å². The minimum absolute atomic E-state index is 0.276. The third-order valence-electron chi connectivity index (χ3n) is 2.31. The fourth-order valence-electron chi connectivity index (χ4n) is 1.40. The highest BCUT2D eigenvalue weighted by atomic mass is 16.3. The molecule has 0 spiro atoms. The largest absolute Gasteiger partial charge is 0.391 e. The first-order valence-electron chi connectivity index (χ1n) is 4.98. The van der Waals surface area contributed by atoms with Crippen LogP contribution in [0, 0.1) is 0 Å². The Hall–Kier alpha value is -0.0800. The van der Waals surface area contributed by atoms with Gasteiger partial charge in [0.1, 0.15) is 6.54 Å². The predicted molar refractivity (Wildman–Crippen MR) is 52.4 cm³/mol. The summed E-state index contributed by atoms with van der Waals surface area (Å²) in [7, 11) is 0. The van der Waals surface area contributed by atoms with Gasteiger partial charge < -0.3 is 10.0 Å². The summed E-state index contributed by atoms with van der Waals surface area (Å²) in [6.45, 7) is 11.3. The lowest BCUT2D eigenvalue weighted by Gasteiger charge is -2.31. The van der Waals surface area contributed by atoms with E-state index < -0.39 is 0 Å². The average molecular weight is 174 g/mol. The van der Waals surface area contributed by atoms with Gasteiger partial charge in [0.15, 0.2) is 0 Å². The molecule has 1 atom stereocenters. The summed E-state index contributed by atoms with van der Waals surface area (Å²) in [6, 6.07) is 0. The van der Waals surface area contributed by atoms with E-state index in [0.717, 1.165) is 6.54 Å². The van der Waals surface area contributed by atoms with Crippen molar-refractivity contribution in [2.45, 2.75) is 46.1 Å². The van der Waals surface area contributed by atoms with Gasteiger partial charge in [0.25, 0.3) is 0 Å². The van der Waals surface area contributed by atoms with E-state index in [2.05, 4.69) is 27.7 Å². The molecule has 0 rings (SSSR count). The number of unbranched alkanes of at least 4 members (excludes halogenated alkanes) is 1. The zero-order chi connectivity index (χ0) is 9.61. The Morgan fingerprint density at radius 2 is 1.75 bits per heavy atom. The van der Waals surface area contributed by atoms with E-state index in [1.165, 1.54) is 24.3 Å². The number of hydrogen-bond donors (Lipinski definition) is 2. The van der Waals surface area contributed by atoms with E-state index in [1.54, 1.807) is 0 Å². The average Bonchev–Trinajstić information content (AvgIpc) is 1.95. The zero-order valence-corrected chi connectivity index (χ0v) is 8.98. The molecule has 0 aliphatic heterocycles. The Balaban J connectivity index is 3.86. The number of aliphatic hydroxyl groups is 1. The SMILES string of the molecule is CCCC[NH+](CCO)C(C)(C)C. The van der Waals surface area contributed by atoms with Crippen LogP contribution in [-0.4, -0.2) is 30.3 Å². The van der Waals surface area contributed by atoms with Crippen molar-refractivity contribution in [2.75, 3.05) is 19.7 Å². The van der Waals surface area contributed by atoms with Crippen LogP contribution in [0.15, 0.2) is 0 Å². The fourth-order valence-corrected chi connectivity index (χ4v) is 1.40. The Kier molecular flexibility index (Phi) is 5.51. The lowest BCUT2D eigenvalue weighted by Crippen LogP contribution is -3.19. The second kappa shape index (κ2) is 5.55. The van der Waals surface area contributed by atoms with Crippen LogP contribution >= 0.6 is 0 Å². The first-order chi connectivity index (χ1) is 5.52. The second-order valence-electron chi connectivity index (χ2n) is 4.43. The topological polar surface area (TPSA) is 24.7 Å². The van der Waals surface area contributed by atoms with Gasteiger partial charge in [-0.1, -0.05) is 13.3 Å². The number of nitrogens with one attached hydrogen (secondary N) is 1. The van der Waals surface area contributed by atoms with Gasteiger partial charge in [-0.2, -0.15) is 0 Å². The van der Waals surface area contributed by atoms with Crippen molar-refractivity contribution in [1.29, 1.82) is 0 Å². The van der Waals surface area contributed by atoms with Gasteiger partial charge in [-0.05, 0) is 27.2 Å². The number of quaternary nitrogens is 1. The molecule has 0 heterocycles. The highest BCUT2D eigenvalue weighted by Crippen LogP contribution is 1.93. The van der Waals surface area contributed by atoms with Crippen LogP contribution in [0.2, 0.25) is 0 Å². The molecule has 2 nitrogen and oxygen atoms in total.